The predicted molar refractivity (Wildman–Crippen MR) is 78.7 cm³/mol. The van der Waals surface area contributed by atoms with Crippen LogP contribution in [-0.4, -0.2) is 23.8 Å². The fourth-order valence-corrected chi connectivity index (χ4v) is 3.14. The minimum Gasteiger partial charge on any atom is -0.378 e. The van der Waals surface area contributed by atoms with Crippen LogP contribution in [0.4, 0.5) is 4.39 Å². The Kier molecular flexibility index (Phi) is 4.17. The third kappa shape index (κ3) is 3.82. The highest BCUT2D eigenvalue weighted by atomic mass is 19.1. The highest BCUT2D eigenvalue weighted by molar-refractivity contribution is 5.37. The van der Waals surface area contributed by atoms with Gasteiger partial charge < -0.3 is 10.4 Å². The maximum absolute atomic E-state index is 13.1. The highest BCUT2D eigenvalue weighted by Gasteiger charge is 2.41. The van der Waals surface area contributed by atoms with Crippen molar-refractivity contribution in [1.29, 1.82) is 0 Å². The quantitative estimate of drug-likeness (QED) is 0.772. The second-order valence-electron chi connectivity index (χ2n) is 6.53. The van der Waals surface area contributed by atoms with Gasteiger partial charge in [-0.05, 0) is 43.5 Å². The van der Waals surface area contributed by atoms with Crippen LogP contribution in [0.25, 0.3) is 0 Å². The lowest BCUT2D eigenvalue weighted by Crippen LogP contribution is -2.48. The molecule has 2 nitrogen and oxygen atoms in total. The van der Waals surface area contributed by atoms with Crippen molar-refractivity contribution in [2.24, 2.45) is 5.41 Å². The highest BCUT2D eigenvalue weighted by Crippen LogP contribution is 2.40. The van der Waals surface area contributed by atoms with Gasteiger partial charge in [-0.2, -0.15) is 0 Å². The zero-order valence-electron chi connectivity index (χ0n) is 12.3. The monoisotopic (exact) mass is 275 g/mol. The van der Waals surface area contributed by atoms with Crippen molar-refractivity contribution >= 4 is 0 Å². The topological polar surface area (TPSA) is 32.3 Å². The Labute approximate surface area is 120 Å². The minimum atomic E-state index is -1.01. The van der Waals surface area contributed by atoms with E-state index in [1.54, 1.807) is 12.1 Å². The molecule has 2 N–H and O–H groups in total. The molecule has 1 aromatic carbocycles. The van der Waals surface area contributed by atoms with Crippen molar-refractivity contribution in [2.75, 3.05) is 7.05 Å². The van der Waals surface area contributed by atoms with Gasteiger partial charge in [-0.25, -0.2) is 4.39 Å². The van der Waals surface area contributed by atoms with E-state index in [1.807, 2.05) is 7.05 Å². The fourth-order valence-electron chi connectivity index (χ4n) is 3.14. The van der Waals surface area contributed by atoms with Crippen LogP contribution >= 0.6 is 0 Å². The number of hydrogen-bond acceptors (Lipinski definition) is 2. The van der Waals surface area contributed by atoms with Crippen LogP contribution in [-0.2, 0) is 0 Å². The van der Waals surface area contributed by atoms with E-state index < -0.39 is 5.60 Å². The number of aliphatic hydroxyl groups is 1. The average molecular weight is 275 g/mol. The summed E-state index contributed by atoms with van der Waals surface area (Å²) in [6, 6.07) is 6.42. The average Bonchev–Trinajstić information content (AvgIpc) is 2.34. The zero-order valence-corrected chi connectivity index (χ0v) is 12.3. The molecule has 1 saturated carbocycles. The van der Waals surface area contributed by atoms with Crippen LogP contribution in [0.5, 0.6) is 0 Å². The molecule has 0 bridgehead atoms. The molecule has 2 rings (SSSR count). The SMILES string of the molecule is CNC1CC(C)(C)CC(O)(C#Cc2cccc(F)c2)C1. The van der Waals surface area contributed by atoms with Crippen LogP contribution in [0, 0.1) is 23.1 Å². The lowest BCUT2D eigenvalue weighted by atomic mass is 9.68. The van der Waals surface area contributed by atoms with Crippen molar-refractivity contribution < 1.29 is 9.50 Å². The molecule has 0 aliphatic heterocycles. The van der Waals surface area contributed by atoms with E-state index in [2.05, 4.69) is 31.0 Å². The van der Waals surface area contributed by atoms with Crippen LogP contribution in [0.1, 0.15) is 38.7 Å². The second-order valence-corrected chi connectivity index (χ2v) is 6.53. The molecule has 0 radical (unpaired) electrons. The van der Waals surface area contributed by atoms with Gasteiger partial charge in [-0.1, -0.05) is 31.8 Å². The molecule has 1 aliphatic rings. The van der Waals surface area contributed by atoms with Crippen LogP contribution in [0.15, 0.2) is 24.3 Å². The number of rotatable bonds is 1. The van der Waals surface area contributed by atoms with Gasteiger partial charge in [0.15, 0.2) is 0 Å². The minimum absolute atomic E-state index is 0.0390. The normalized spacial score (nSPS) is 28.6. The molecule has 0 amide bonds. The summed E-state index contributed by atoms with van der Waals surface area (Å²) in [6.45, 7) is 4.29. The standard InChI is InChI=1S/C17H22FNO/c1-16(2)10-15(19-3)11-17(20,12-16)8-7-13-5-4-6-14(18)9-13/h4-6,9,15,19-20H,10-12H2,1-3H3. The summed E-state index contributed by atoms with van der Waals surface area (Å²) < 4.78 is 13.1. The summed E-state index contributed by atoms with van der Waals surface area (Å²) in [7, 11) is 1.91. The Morgan fingerprint density at radius 2 is 2.10 bits per heavy atom. The van der Waals surface area contributed by atoms with E-state index in [0.717, 1.165) is 6.42 Å². The first-order valence-electron chi connectivity index (χ1n) is 7.00. The molecule has 20 heavy (non-hydrogen) atoms. The second kappa shape index (κ2) is 5.55. The molecular formula is C17H22FNO. The van der Waals surface area contributed by atoms with E-state index in [4.69, 9.17) is 0 Å². The Hall–Kier alpha value is -1.37. The van der Waals surface area contributed by atoms with E-state index in [1.165, 1.54) is 12.1 Å². The summed E-state index contributed by atoms with van der Waals surface area (Å²) in [5.41, 5.74) is -0.373. The van der Waals surface area contributed by atoms with Gasteiger partial charge in [0, 0.05) is 18.0 Å². The molecule has 0 spiro atoms. The molecule has 0 saturated heterocycles. The van der Waals surface area contributed by atoms with E-state index in [-0.39, 0.29) is 17.3 Å². The van der Waals surface area contributed by atoms with Gasteiger partial charge in [0.2, 0.25) is 0 Å². The van der Waals surface area contributed by atoms with Gasteiger partial charge in [-0.15, -0.1) is 0 Å². The van der Waals surface area contributed by atoms with E-state index in [9.17, 15) is 9.50 Å². The maximum atomic E-state index is 13.1. The number of nitrogens with one attached hydrogen (secondary N) is 1. The van der Waals surface area contributed by atoms with E-state index >= 15 is 0 Å². The molecule has 1 fully saturated rings. The molecule has 108 valence electrons. The zero-order chi connectivity index (χ0) is 14.8. The van der Waals surface area contributed by atoms with Crippen molar-refractivity contribution in [3.63, 3.8) is 0 Å². The lowest BCUT2D eigenvalue weighted by Gasteiger charge is -2.43. The molecule has 2 unspecified atom stereocenters. The first-order valence-corrected chi connectivity index (χ1v) is 7.00. The number of halogens is 1. The summed E-state index contributed by atoms with van der Waals surface area (Å²) in [5.74, 6) is 5.57. The smallest absolute Gasteiger partial charge is 0.127 e. The van der Waals surface area contributed by atoms with Crippen LogP contribution in [0.3, 0.4) is 0 Å². The van der Waals surface area contributed by atoms with Gasteiger partial charge in [0.1, 0.15) is 11.4 Å². The Morgan fingerprint density at radius 3 is 2.75 bits per heavy atom. The third-order valence-electron chi connectivity index (χ3n) is 3.83. The van der Waals surface area contributed by atoms with E-state index in [0.29, 0.717) is 18.4 Å². The van der Waals surface area contributed by atoms with Crippen molar-refractivity contribution in [3.8, 4) is 11.8 Å². The molecule has 0 aromatic heterocycles. The Bertz CT molecular complexity index is 543. The Morgan fingerprint density at radius 1 is 1.35 bits per heavy atom. The van der Waals surface area contributed by atoms with Gasteiger partial charge in [0.25, 0.3) is 0 Å². The summed E-state index contributed by atoms with van der Waals surface area (Å²) in [4.78, 5) is 0. The summed E-state index contributed by atoms with van der Waals surface area (Å²) >= 11 is 0. The van der Waals surface area contributed by atoms with Crippen molar-refractivity contribution in [3.05, 3.63) is 35.6 Å². The first-order chi connectivity index (χ1) is 9.32. The van der Waals surface area contributed by atoms with Gasteiger partial charge in [-0.3, -0.25) is 0 Å². The molecule has 0 heterocycles. The molecule has 1 aliphatic carbocycles. The molecular weight excluding hydrogens is 253 g/mol. The molecule has 2 atom stereocenters. The number of benzene rings is 1. The number of hydrogen-bond donors (Lipinski definition) is 2. The Balaban J connectivity index is 2.22. The summed E-state index contributed by atoms with van der Waals surface area (Å²) in [5, 5.41) is 14.0. The summed E-state index contributed by atoms with van der Waals surface area (Å²) in [6.07, 6.45) is 2.27. The van der Waals surface area contributed by atoms with Crippen molar-refractivity contribution in [2.45, 2.75) is 44.8 Å². The maximum Gasteiger partial charge on any atom is 0.127 e. The van der Waals surface area contributed by atoms with Crippen LogP contribution < -0.4 is 5.32 Å². The molecule has 3 heteroatoms. The van der Waals surface area contributed by atoms with Crippen LogP contribution in [0.2, 0.25) is 0 Å². The lowest BCUT2D eigenvalue weighted by molar-refractivity contribution is -0.00494. The molecule has 1 aromatic rings. The first kappa shape index (κ1) is 15.0. The largest absolute Gasteiger partial charge is 0.378 e. The van der Waals surface area contributed by atoms with Crippen molar-refractivity contribution in [1.82, 2.24) is 5.32 Å². The third-order valence-corrected chi connectivity index (χ3v) is 3.83. The predicted octanol–water partition coefficient (Wildman–Crippen LogP) is 2.71. The fraction of sp³-hybridized carbons (Fsp3) is 0.529. The van der Waals surface area contributed by atoms with Gasteiger partial charge in [0.05, 0.1) is 0 Å². The van der Waals surface area contributed by atoms with Gasteiger partial charge >= 0.3 is 0 Å².